The van der Waals surface area contributed by atoms with Crippen LogP contribution in [-0.2, 0) is 0 Å². The lowest BCUT2D eigenvalue weighted by Gasteiger charge is -2.35. The molecule has 0 saturated carbocycles. The third-order valence-electron chi connectivity index (χ3n) is 4.68. The van der Waals surface area contributed by atoms with Crippen LogP contribution in [0.3, 0.4) is 0 Å². The first-order chi connectivity index (χ1) is 12.9. The van der Waals surface area contributed by atoms with E-state index in [0.717, 1.165) is 12.8 Å². The molecule has 0 aliphatic carbocycles. The molecule has 0 unspecified atom stereocenters. The Kier molecular flexibility index (Phi) is 5.41. The molecule has 9 heteroatoms. The van der Waals surface area contributed by atoms with Crippen LogP contribution in [0.25, 0.3) is 10.9 Å². The number of guanidine groups is 1. The number of hydrogen-bond donors (Lipinski definition) is 3. The molecule has 144 valence electrons. The summed E-state index contributed by atoms with van der Waals surface area (Å²) in [7, 11) is 3.02. The lowest BCUT2D eigenvalue weighted by atomic mass is 10.0. The molecule has 3 rings (SSSR count). The van der Waals surface area contributed by atoms with E-state index in [2.05, 4.69) is 10.3 Å². The summed E-state index contributed by atoms with van der Waals surface area (Å²) in [6.45, 7) is 1.29. The molecular formula is C18H23FN6O2. The molecule has 1 aliphatic rings. The maximum Gasteiger partial charge on any atom is 0.253 e. The van der Waals surface area contributed by atoms with Crippen LogP contribution in [0.5, 0.6) is 5.75 Å². The molecule has 2 aromatic rings. The zero-order chi connectivity index (χ0) is 19.6. The Morgan fingerprint density at radius 1 is 1.41 bits per heavy atom. The first-order valence-electron chi connectivity index (χ1n) is 8.65. The number of amides is 1. The highest BCUT2D eigenvalue weighted by Crippen LogP contribution is 2.24. The second-order valence-electron chi connectivity index (χ2n) is 6.57. The Morgan fingerprint density at radius 2 is 2.11 bits per heavy atom. The minimum absolute atomic E-state index is 0.00734. The smallest absolute Gasteiger partial charge is 0.253 e. The summed E-state index contributed by atoms with van der Waals surface area (Å²) in [6, 6.07) is 4.44. The zero-order valence-electron chi connectivity index (χ0n) is 15.3. The average molecular weight is 374 g/mol. The number of rotatable bonds is 3. The quantitative estimate of drug-likeness (QED) is 0.324. The van der Waals surface area contributed by atoms with E-state index in [1.165, 1.54) is 30.4 Å². The van der Waals surface area contributed by atoms with Crippen LogP contribution >= 0.6 is 0 Å². The predicted molar refractivity (Wildman–Crippen MR) is 100.0 cm³/mol. The van der Waals surface area contributed by atoms with Gasteiger partial charge in [0.15, 0.2) is 11.6 Å². The van der Waals surface area contributed by atoms with Gasteiger partial charge >= 0.3 is 0 Å². The number of carbonyl (C=O) groups is 1. The number of piperidine rings is 1. The van der Waals surface area contributed by atoms with Gasteiger partial charge in [-0.25, -0.2) is 10.2 Å². The summed E-state index contributed by atoms with van der Waals surface area (Å²) in [4.78, 5) is 18.6. The van der Waals surface area contributed by atoms with Crippen molar-refractivity contribution in [3.8, 4) is 5.75 Å². The van der Waals surface area contributed by atoms with Gasteiger partial charge in [0.05, 0.1) is 18.2 Å². The van der Waals surface area contributed by atoms with Crippen LogP contribution in [0.15, 0.2) is 24.4 Å². The van der Waals surface area contributed by atoms with E-state index in [4.69, 9.17) is 16.0 Å². The van der Waals surface area contributed by atoms with Crippen LogP contribution < -0.4 is 15.9 Å². The number of nitrogens with zero attached hydrogens (tertiary/aromatic N) is 3. The number of likely N-dealkylation sites (tertiary alicyclic amines) is 1. The largest absolute Gasteiger partial charge is 0.494 e. The number of halogens is 1. The normalized spacial score (nSPS) is 14.9. The minimum atomic E-state index is -0.496. The molecule has 0 bridgehead atoms. The Bertz CT molecular complexity index is 864. The van der Waals surface area contributed by atoms with Crippen molar-refractivity contribution in [2.45, 2.75) is 18.9 Å². The van der Waals surface area contributed by atoms with E-state index in [9.17, 15) is 9.18 Å². The van der Waals surface area contributed by atoms with Gasteiger partial charge in [0.1, 0.15) is 0 Å². The molecule has 0 spiro atoms. The maximum atomic E-state index is 13.9. The topological polar surface area (TPSA) is 108 Å². The number of methoxy groups -OCH3 is 1. The first kappa shape index (κ1) is 18.8. The number of nitrogens with two attached hydrogens (primary N) is 1. The zero-order valence-corrected chi connectivity index (χ0v) is 15.3. The summed E-state index contributed by atoms with van der Waals surface area (Å²) < 4.78 is 18.8. The average Bonchev–Trinajstić information content (AvgIpc) is 2.66. The van der Waals surface area contributed by atoms with E-state index in [1.54, 1.807) is 13.1 Å². The second kappa shape index (κ2) is 7.75. The van der Waals surface area contributed by atoms with E-state index in [1.807, 2.05) is 4.90 Å². The Hall–Kier alpha value is -2.94. The summed E-state index contributed by atoms with van der Waals surface area (Å²) >= 11 is 0. The van der Waals surface area contributed by atoms with Crippen molar-refractivity contribution in [2.75, 3.05) is 27.2 Å². The number of pyridine rings is 1. The Labute approximate surface area is 156 Å². The van der Waals surface area contributed by atoms with E-state index < -0.39 is 5.82 Å². The Balaban J connectivity index is 1.66. The molecule has 1 aromatic carbocycles. The fourth-order valence-electron chi connectivity index (χ4n) is 3.14. The molecule has 1 aromatic heterocycles. The summed E-state index contributed by atoms with van der Waals surface area (Å²) in [6.07, 6.45) is 2.91. The van der Waals surface area contributed by atoms with Crippen molar-refractivity contribution in [2.24, 2.45) is 5.84 Å². The number of ether oxygens (including phenoxy) is 1. The van der Waals surface area contributed by atoms with Crippen molar-refractivity contribution < 1.29 is 13.9 Å². The van der Waals surface area contributed by atoms with Gasteiger partial charge in [-0.2, -0.15) is 0 Å². The van der Waals surface area contributed by atoms with Crippen molar-refractivity contribution in [1.82, 2.24) is 20.2 Å². The molecule has 8 nitrogen and oxygen atoms in total. The summed E-state index contributed by atoms with van der Waals surface area (Å²) in [5.41, 5.74) is 0.937. The van der Waals surface area contributed by atoms with E-state index >= 15 is 0 Å². The summed E-state index contributed by atoms with van der Waals surface area (Å²) in [5, 5.41) is 12.7. The molecule has 2 heterocycles. The molecule has 1 fully saturated rings. The van der Waals surface area contributed by atoms with E-state index in [-0.39, 0.29) is 23.7 Å². The fraction of sp³-hybridized carbons (Fsp3) is 0.389. The van der Waals surface area contributed by atoms with E-state index in [0.29, 0.717) is 29.6 Å². The van der Waals surface area contributed by atoms with Crippen molar-refractivity contribution >= 4 is 22.8 Å². The van der Waals surface area contributed by atoms with Gasteiger partial charge < -0.3 is 15.0 Å². The van der Waals surface area contributed by atoms with Gasteiger partial charge in [0.25, 0.3) is 5.91 Å². The van der Waals surface area contributed by atoms with Gasteiger partial charge in [0.2, 0.25) is 5.96 Å². The number of hydrogen-bond acceptors (Lipinski definition) is 5. The predicted octanol–water partition coefficient (Wildman–Crippen LogP) is 1.32. The monoisotopic (exact) mass is 374 g/mol. The molecule has 0 radical (unpaired) electrons. The van der Waals surface area contributed by atoms with Gasteiger partial charge in [-0.1, -0.05) is 0 Å². The molecule has 0 atom stereocenters. The molecule has 1 saturated heterocycles. The highest BCUT2D eigenvalue weighted by molar-refractivity contribution is 5.97. The van der Waals surface area contributed by atoms with Gasteiger partial charge in [-0.3, -0.25) is 20.2 Å². The van der Waals surface area contributed by atoms with Crippen LogP contribution in [0, 0.1) is 11.2 Å². The van der Waals surface area contributed by atoms with Crippen LogP contribution in [0.2, 0.25) is 0 Å². The third-order valence-corrected chi connectivity index (χ3v) is 4.68. The molecule has 1 amide bonds. The van der Waals surface area contributed by atoms with Crippen molar-refractivity contribution in [3.05, 3.63) is 35.8 Å². The van der Waals surface area contributed by atoms with Crippen LogP contribution in [0.1, 0.15) is 23.2 Å². The highest BCUT2D eigenvalue weighted by atomic mass is 19.1. The number of aromatic nitrogens is 1. The third kappa shape index (κ3) is 4.08. The van der Waals surface area contributed by atoms with Crippen LogP contribution in [0.4, 0.5) is 4.39 Å². The SMILES string of the molecule is COc1cc2ncc(C(=O)NC3CCN(C(=N)N(C)N)CC3)cc2cc1F. The number of fused-ring (bicyclic) bond motifs is 1. The second-order valence-corrected chi connectivity index (χ2v) is 6.57. The maximum absolute atomic E-state index is 13.9. The molecule has 27 heavy (non-hydrogen) atoms. The summed E-state index contributed by atoms with van der Waals surface area (Å²) in [5.74, 6) is 5.23. The fourth-order valence-corrected chi connectivity index (χ4v) is 3.14. The van der Waals surface area contributed by atoms with Gasteiger partial charge in [-0.15, -0.1) is 0 Å². The number of benzene rings is 1. The molecule has 1 aliphatic heterocycles. The highest BCUT2D eigenvalue weighted by Gasteiger charge is 2.23. The number of nitrogens with one attached hydrogen (secondary N) is 2. The standard InChI is InChI=1S/C18H23FN6O2/c1-24(21)18(20)25-5-3-13(4-6-25)23-17(26)12-7-11-8-14(19)16(27-2)9-15(11)22-10-12/h7-10,13,20H,3-6,21H2,1-2H3,(H,23,26). The molecular weight excluding hydrogens is 351 g/mol. The van der Waals surface area contributed by atoms with Gasteiger partial charge in [-0.05, 0) is 25.0 Å². The van der Waals surface area contributed by atoms with Crippen molar-refractivity contribution in [1.29, 1.82) is 5.41 Å². The number of carbonyl (C=O) groups excluding carboxylic acids is 1. The first-order valence-corrected chi connectivity index (χ1v) is 8.65. The lowest BCUT2D eigenvalue weighted by Crippen LogP contribution is -2.51. The van der Waals surface area contributed by atoms with Crippen molar-refractivity contribution in [3.63, 3.8) is 0 Å². The lowest BCUT2D eigenvalue weighted by molar-refractivity contribution is 0.0920. The minimum Gasteiger partial charge on any atom is -0.494 e. The van der Waals surface area contributed by atoms with Crippen LogP contribution in [-0.4, -0.2) is 60.0 Å². The number of hydrazine groups is 1. The Morgan fingerprint density at radius 3 is 2.74 bits per heavy atom. The molecule has 4 N–H and O–H groups in total. The van der Waals surface area contributed by atoms with Gasteiger partial charge in [0, 0.05) is 43.8 Å².